The zero-order valence-corrected chi connectivity index (χ0v) is 11.2. The van der Waals surface area contributed by atoms with Crippen LogP contribution in [-0.2, 0) is 6.54 Å². The van der Waals surface area contributed by atoms with Crippen LogP contribution in [0.25, 0.3) is 0 Å². The van der Waals surface area contributed by atoms with Gasteiger partial charge < -0.3 is 5.32 Å². The molecule has 0 radical (unpaired) electrons. The van der Waals surface area contributed by atoms with Gasteiger partial charge in [-0.15, -0.1) is 0 Å². The van der Waals surface area contributed by atoms with Crippen molar-refractivity contribution in [2.45, 2.75) is 19.5 Å². The van der Waals surface area contributed by atoms with Gasteiger partial charge in [0.1, 0.15) is 0 Å². The molecule has 1 aliphatic rings. The van der Waals surface area contributed by atoms with Crippen LogP contribution in [0.4, 0.5) is 0 Å². The first-order chi connectivity index (χ1) is 7.24. The Balaban J connectivity index is 1.93. The quantitative estimate of drug-likeness (QED) is 0.841. The Kier molecular flexibility index (Phi) is 3.99. The van der Waals surface area contributed by atoms with E-state index in [1.807, 2.05) is 0 Å². The normalized spacial score (nSPS) is 22.9. The fraction of sp³-hybridized carbons (Fsp3) is 0.500. The second-order valence-electron chi connectivity index (χ2n) is 4.22. The van der Waals surface area contributed by atoms with E-state index in [-0.39, 0.29) is 0 Å². The molecule has 1 aromatic rings. The minimum Gasteiger partial charge on any atom is -0.312 e. The van der Waals surface area contributed by atoms with Gasteiger partial charge in [-0.2, -0.15) is 0 Å². The highest BCUT2D eigenvalue weighted by molar-refractivity contribution is 14.1. The number of hydrogen-bond acceptors (Lipinski definition) is 2. The number of benzene rings is 1. The summed E-state index contributed by atoms with van der Waals surface area (Å²) < 4.78 is 1.31. The Morgan fingerprint density at radius 1 is 1.40 bits per heavy atom. The lowest BCUT2D eigenvalue weighted by Gasteiger charge is -2.31. The highest BCUT2D eigenvalue weighted by Crippen LogP contribution is 2.10. The molecular weight excluding hydrogens is 299 g/mol. The van der Waals surface area contributed by atoms with Crippen LogP contribution >= 0.6 is 22.6 Å². The number of piperazine rings is 1. The van der Waals surface area contributed by atoms with Crippen LogP contribution in [0.15, 0.2) is 24.3 Å². The van der Waals surface area contributed by atoms with Crippen LogP contribution in [0.2, 0.25) is 0 Å². The molecule has 0 unspecified atom stereocenters. The van der Waals surface area contributed by atoms with Crippen LogP contribution in [0.3, 0.4) is 0 Å². The van der Waals surface area contributed by atoms with Crippen molar-refractivity contribution in [3.05, 3.63) is 33.4 Å². The van der Waals surface area contributed by atoms with E-state index in [0.29, 0.717) is 6.04 Å². The molecule has 0 amide bonds. The highest BCUT2D eigenvalue weighted by Gasteiger charge is 2.15. The van der Waals surface area contributed by atoms with Gasteiger partial charge >= 0.3 is 0 Å². The smallest absolute Gasteiger partial charge is 0.0234 e. The monoisotopic (exact) mass is 316 g/mol. The first-order valence-electron chi connectivity index (χ1n) is 5.44. The van der Waals surface area contributed by atoms with Gasteiger partial charge in [-0.3, -0.25) is 4.90 Å². The number of nitrogens with zero attached hydrogens (tertiary/aromatic N) is 1. The Hall–Kier alpha value is -0.130. The van der Waals surface area contributed by atoms with Gasteiger partial charge in [0.05, 0.1) is 0 Å². The lowest BCUT2D eigenvalue weighted by Crippen LogP contribution is -2.48. The summed E-state index contributed by atoms with van der Waals surface area (Å²) in [5.41, 5.74) is 1.42. The first kappa shape index (κ1) is 11.4. The average Bonchev–Trinajstić information content (AvgIpc) is 2.22. The summed E-state index contributed by atoms with van der Waals surface area (Å²) in [5, 5.41) is 3.46. The zero-order chi connectivity index (χ0) is 10.7. The molecule has 1 N–H and O–H groups in total. The second-order valence-corrected chi connectivity index (χ2v) is 5.46. The van der Waals surface area contributed by atoms with Crippen LogP contribution in [0.1, 0.15) is 12.5 Å². The van der Waals surface area contributed by atoms with E-state index >= 15 is 0 Å². The largest absolute Gasteiger partial charge is 0.312 e. The van der Waals surface area contributed by atoms with E-state index in [0.717, 1.165) is 26.2 Å². The molecule has 0 aromatic heterocycles. The van der Waals surface area contributed by atoms with Crippen molar-refractivity contribution >= 4 is 22.6 Å². The molecule has 2 nitrogen and oxygen atoms in total. The molecule has 3 heteroatoms. The molecule has 1 saturated heterocycles. The van der Waals surface area contributed by atoms with Gasteiger partial charge in [-0.1, -0.05) is 12.1 Å². The van der Waals surface area contributed by atoms with E-state index in [4.69, 9.17) is 0 Å². The lowest BCUT2D eigenvalue weighted by atomic mass is 10.2. The van der Waals surface area contributed by atoms with Gasteiger partial charge in [0.25, 0.3) is 0 Å². The Morgan fingerprint density at radius 3 is 2.80 bits per heavy atom. The second kappa shape index (κ2) is 5.27. The topological polar surface area (TPSA) is 15.3 Å². The molecule has 0 spiro atoms. The number of halogens is 1. The van der Waals surface area contributed by atoms with E-state index in [1.165, 1.54) is 9.13 Å². The number of rotatable bonds is 2. The SMILES string of the molecule is C[C@H]1CN(Cc2ccc(I)cc2)CCN1. The van der Waals surface area contributed by atoms with Gasteiger partial charge in [0.15, 0.2) is 0 Å². The summed E-state index contributed by atoms with van der Waals surface area (Å²) in [6.07, 6.45) is 0. The van der Waals surface area contributed by atoms with E-state index in [9.17, 15) is 0 Å². The minimum atomic E-state index is 0.627. The maximum absolute atomic E-state index is 3.46. The van der Waals surface area contributed by atoms with Crippen LogP contribution in [-0.4, -0.2) is 30.6 Å². The van der Waals surface area contributed by atoms with Crippen molar-refractivity contribution in [2.75, 3.05) is 19.6 Å². The van der Waals surface area contributed by atoms with Gasteiger partial charge in [-0.05, 0) is 47.2 Å². The molecule has 82 valence electrons. The van der Waals surface area contributed by atoms with Gasteiger partial charge in [0, 0.05) is 35.8 Å². The fourth-order valence-corrected chi connectivity index (χ4v) is 2.36. The Morgan fingerprint density at radius 2 is 2.13 bits per heavy atom. The molecule has 1 heterocycles. The van der Waals surface area contributed by atoms with Crippen LogP contribution < -0.4 is 5.32 Å². The van der Waals surface area contributed by atoms with E-state index in [1.54, 1.807) is 0 Å². The first-order valence-corrected chi connectivity index (χ1v) is 6.52. The summed E-state index contributed by atoms with van der Waals surface area (Å²) in [6.45, 7) is 6.77. The van der Waals surface area contributed by atoms with Crippen molar-refractivity contribution in [3.8, 4) is 0 Å². The lowest BCUT2D eigenvalue weighted by molar-refractivity contribution is 0.199. The number of nitrogens with one attached hydrogen (secondary N) is 1. The Labute approximate surface area is 105 Å². The molecule has 1 aliphatic heterocycles. The number of hydrogen-bond donors (Lipinski definition) is 1. The third-order valence-corrected chi connectivity index (χ3v) is 3.49. The van der Waals surface area contributed by atoms with Crippen molar-refractivity contribution < 1.29 is 0 Å². The fourth-order valence-electron chi connectivity index (χ4n) is 2.00. The van der Waals surface area contributed by atoms with Gasteiger partial charge in [-0.25, -0.2) is 0 Å². The standard InChI is InChI=1S/C12H17IN2/c1-10-8-15(7-6-14-10)9-11-2-4-12(13)5-3-11/h2-5,10,14H,6-9H2,1H3/t10-/m0/s1. The maximum atomic E-state index is 3.46. The van der Waals surface area contributed by atoms with Crippen molar-refractivity contribution in [1.29, 1.82) is 0 Å². The predicted molar refractivity (Wildman–Crippen MR) is 71.9 cm³/mol. The molecule has 0 aliphatic carbocycles. The van der Waals surface area contributed by atoms with E-state index < -0.39 is 0 Å². The molecule has 0 saturated carbocycles. The third-order valence-electron chi connectivity index (χ3n) is 2.77. The zero-order valence-electron chi connectivity index (χ0n) is 9.04. The van der Waals surface area contributed by atoms with Crippen molar-refractivity contribution in [3.63, 3.8) is 0 Å². The summed E-state index contributed by atoms with van der Waals surface area (Å²) in [4.78, 5) is 2.52. The van der Waals surface area contributed by atoms with Crippen molar-refractivity contribution in [1.82, 2.24) is 10.2 Å². The molecule has 1 aromatic carbocycles. The summed E-state index contributed by atoms with van der Waals surface area (Å²) in [7, 11) is 0. The molecule has 0 bridgehead atoms. The van der Waals surface area contributed by atoms with Crippen molar-refractivity contribution in [2.24, 2.45) is 0 Å². The summed E-state index contributed by atoms with van der Waals surface area (Å²) >= 11 is 2.35. The predicted octanol–water partition coefficient (Wildman–Crippen LogP) is 2.08. The maximum Gasteiger partial charge on any atom is 0.0234 e. The van der Waals surface area contributed by atoms with E-state index in [2.05, 4.69) is 64.0 Å². The average molecular weight is 316 g/mol. The highest BCUT2D eigenvalue weighted by atomic mass is 127. The molecule has 1 fully saturated rings. The molecule has 2 rings (SSSR count). The van der Waals surface area contributed by atoms with Gasteiger partial charge in [0.2, 0.25) is 0 Å². The van der Waals surface area contributed by atoms with Crippen LogP contribution in [0, 0.1) is 3.57 Å². The third kappa shape index (κ3) is 3.43. The van der Waals surface area contributed by atoms with Crippen LogP contribution in [0.5, 0.6) is 0 Å². The summed E-state index contributed by atoms with van der Waals surface area (Å²) in [6, 6.07) is 9.45. The molecular formula is C12H17IN2. The minimum absolute atomic E-state index is 0.627. The summed E-state index contributed by atoms with van der Waals surface area (Å²) in [5.74, 6) is 0. The Bertz CT molecular complexity index is 310. The molecule has 15 heavy (non-hydrogen) atoms. The molecule has 1 atom stereocenters.